The molecule has 0 radical (unpaired) electrons. The maximum absolute atomic E-state index is 12.0. The minimum Gasteiger partial charge on any atom is -0.375 e. The Morgan fingerprint density at radius 2 is 2.04 bits per heavy atom. The van der Waals surface area contributed by atoms with E-state index in [-0.39, 0.29) is 12.5 Å². The number of hydrogen-bond acceptors (Lipinski definition) is 3. The van der Waals surface area contributed by atoms with Gasteiger partial charge in [-0.3, -0.25) is 9.69 Å². The first kappa shape index (κ1) is 17.0. The normalized spacial score (nSPS) is 16.5. The summed E-state index contributed by atoms with van der Waals surface area (Å²) in [6, 6.07) is 8.91. The van der Waals surface area contributed by atoms with Crippen molar-refractivity contribution < 1.29 is 9.53 Å². The summed E-state index contributed by atoms with van der Waals surface area (Å²) in [5.41, 5.74) is 2.65. The molecule has 1 fully saturated rings. The summed E-state index contributed by atoms with van der Waals surface area (Å²) in [6.45, 7) is 7.86. The third-order valence-electron chi connectivity index (χ3n) is 4.79. The smallest absolute Gasteiger partial charge is 0.248 e. The van der Waals surface area contributed by atoms with Crippen molar-refractivity contribution in [2.24, 2.45) is 0 Å². The second-order valence-corrected chi connectivity index (χ2v) is 6.44. The zero-order valence-corrected chi connectivity index (χ0v) is 14.7. The first-order chi connectivity index (χ1) is 11.7. The van der Waals surface area contributed by atoms with Gasteiger partial charge >= 0.3 is 0 Å². The second kappa shape index (κ2) is 7.81. The molecule has 24 heavy (non-hydrogen) atoms. The molecule has 0 bridgehead atoms. The van der Waals surface area contributed by atoms with Crippen LogP contribution in [-0.4, -0.2) is 60.2 Å². The summed E-state index contributed by atoms with van der Waals surface area (Å²) in [6.07, 6.45) is 3.17. The lowest BCUT2D eigenvalue weighted by atomic mass is 10.1. The Balaban J connectivity index is 1.64. The number of carbonyl (C=O) groups is 1. The summed E-state index contributed by atoms with van der Waals surface area (Å²) in [7, 11) is 1.57. The van der Waals surface area contributed by atoms with Gasteiger partial charge < -0.3 is 14.2 Å². The quantitative estimate of drug-likeness (QED) is 0.845. The third-order valence-corrected chi connectivity index (χ3v) is 4.79. The van der Waals surface area contributed by atoms with Crippen molar-refractivity contribution in [2.45, 2.75) is 26.4 Å². The predicted octanol–water partition coefficient (Wildman–Crippen LogP) is 2.34. The topological polar surface area (TPSA) is 37.7 Å². The van der Waals surface area contributed by atoms with Gasteiger partial charge in [0.15, 0.2) is 0 Å². The van der Waals surface area contributed by atoms with Crippen LogP contribution in [0.2, 0.25) is 0 Å². The molecule has 2 aromatic rings. The molecule has 5 nitrogen and oxygen atoms in total. The van der Waals surface area contributed by atoms with Crippen LogP contribution in [0.5, 0.6) is 0 Å². The molecule has 0 aliphatic carbocycles. The predicted molar refractivity (Wildman–Crippen MR) is 96.0 cm³/mol. The van der Waals surface area contributed by atoms with E-state index in [1.807, 2.05) is 4.90 Å². The van der Waals surface area contributed by atoms with Crippen molar-refractivity contribution in [1.29, 1.82) is 0 Å². The first-order valence-corrected chi connectivity index (χ1v) is 8.78. The van der Waals surface area contributed by atoms with Gasteiger partial charge in [-0.1, -0.05) is 12.1 Å². The van der Waals surface area contributed by atoms with Crippen molar-refractivity contribution in [3.05, 3.63) is 36.0 Å². The molecule has 0 spiro atoms. The molecule has 5 heteroatoms. The number of amides is 1. The fourth-order valence-electron chi connectivity index (χ4n) is 3.45. The molecule has 3 rings (SSSR count). The second-order valence-electron chi connectivity index (χ2n) is 6.44. The van der Waals surface area contributed by atoms with Crippen LogP contribution in [0, 0.1) is 0 Å². The molecule has 0 atom stereocenters. The fraction of sp³-hybridized carbons (Fsp3) is 0.526. The summed E-state index contributed by atoms with van der Waals surface area (Å²) in [5, 5.41) is 1.30. The molecule has 0 N–H and O–H groups in total. The van der Waals surface area contributed by atoms with E-state index in [1.165, 1.54) is 16.5 Å². The number of nitrogens with zero attached hydrogens (tertiary/aromatic N) is 3. The highest BCUT2D eigenvalue weighted by Crippen LogP contribution is 2.19. The Morgan fingerprint density at radius 3 is 2.83 bits per heavy atom. The molecule has 1 amide bonds. The molecule has 0 unspecified atom stereocenters. The number of methoxy groups -OCH3 is 1. The van der Waals surface area contributed by atoms with Crippen LogP contribution in [0.4, 0.5) is 0 Å². The van der Waals surface area contributed by atoms with Gasteiger partial charge in [0.2, 0.25) is 5.91 Å². The van der Waals surface area contributed by atoms with E-state index in [9.17, 15) is 4.79 Å². The van der Waals surface area contributed by atoms with Crippen LogP contribution in [0.3, 0.4) is 0 Å². The number of aryl methyl sites for hydroxylation is 1. The van der Waals surface area contributed by atoms with Gasteiger partial charge in [0, 0.05) is 58.1 Å². The van der Waals surface area contributed by atoms with Crippen molar-refractivity contribution in [3.63, 3.8) is 0 Å². The maximum Gasteiger partial charge on any atom is 0.248 e. The van der Waals surface area contributed by atoms with E-state index >= 15 is 0 Å². The number of benzene rings is 1. The summed E-state index contributed by atoms with van der Waals surface area (Å²) >= 11 is 0. The highest BCUT2D eigenvalue weighted by Gasteiger charge is 2.19. The van der Waals surface area contributed by atoms with Crippen molar-refractivity contribution in [2.75, 3.05) is 39.9 Å². The SMILES string of the molecule is CCn1ccc2ccc(CN3CCCN(C(=O)COC)CC3)cc21. The number of fused-ring (bicyclic) bond motifs is 1. The molecule has 1 saturated heterocycles. The number of aromatic nitrogens is 1. The lowest BCUT2D eigenvalue weighted by Crippen LogP contribution is -2.37. The Labute approximate surface area is 143 Å². The molecular weight excluding hydrogens is 302 g/mol. The number of hydrogen-bond donors (Lipinski definition) is 0. The molecule has 0 saturated carbocycles. The molecule has 130 valence electrons. The summed E-state index contributed by atoms with van der Waals surface area (Å²) < 4.78 is 7.25. The largest absolute Gasteiger partial charge is 0.375 e. The van der Waals surface area contributed by atoms with E-state index in [1.54, 1.807) is 7.11 Å². The number of carbonyl (C=O) groups excluding carboxylic acids is 1. The summed E-state index contributed by atoms with van der Waals surface area (Å²) in [5.74, 6) is 0.0987. The third kappa shape index (κ3) is 3.79. The highest BCUT2D eigenvalue weighted by atomic mass is 16.5. The van der Waals surface area contributed by atoms with E-state index < -0.39 is 0 Å². The van der Waals surface area contributed by atoms with Crippen molar-refractivity contribution >= 4 is 16.8 Å². The maximum atomic E-state index is 12.0. The van der Waals surface area contributed by atoms with Crippen molar-refractivity contribution in [1.82, 2.24) is 14.4 Å². The minimum absolute atomic E-state index is 0.0987. The van der Waals surface area contributed by atoms with Crippen LogP contribution in [0.25, 0.3) is 10.9 Å². The lowest BCUT2D eigenvalue weighted by molar-refractivity contribution is -0.135. The van der Waals surface area contributed by atoms with Crippen LogP contribution in [-0.2, 0) is 22.6 Å². The highest BCUT2D eigenvalue weighted by molar-refractivity contribution is 5.80. The molecule has 1 aromatic heterocycles. The Morgan fingerprint density at radius 1 is 1.17 bits per heavy atom. The molecule has 1 aromatic carbocycles. The zero-order valence-electron chi connectivity index (χ0n) is 14.7. The minimum atomic E-state index is 0.0987. The van der Waals surface area contributed by atoms with Gasteiger partial charge in [0.1, 0.15) is 6.61 Å². The van der Waals surface area contributed by atoms with Crippen LogP contribution < -0.4 is 0 Å². The van der Waals surface area contributed by atoms with Crippen LogP contribution in [0.15, 0.2) is 30.5 Å². The van der Waals surface area contributed by atoms with E-state index in [2.05, 4.69) is 46.9 Å². The fourth-order valence-corrected chi connectivity index (χ4v) is 3.45. The molecular formula is C19H27N3O2. The Kier molecular flexibility index (Phi) is 5.53. The van der Waals surface area contributed by atoms with Gasteiger partial charge in [-0.2, -0.15) is 0 Å². The zero-order chi connectivity index (χ0) is 16.9. The van der Waals surface area contributed by atoms with Gasteiger partial charge in [0.05, 0.1) is 0 Å². The summed E-state index contributed by atoms with van der Waals surface area (Å²) in [4.78, 5) is 16.4. The van der Waals surface area contributed by atoms with E-state index in [0.29, 0.717) is 0 Å². The van der Waals surface area contributed by atoms with Gasteiger partial charge in [0.25, 0.3) is 0 Å². The lowest BCUT2D eigenvalue weighted by Gasteiger charge is -2.22. The van der Waals surface area contributed by atoms with E-state index in [0.717, 1.165) is 45.7 Å². The number of rotatable bonds is 5. The molecule has 2 heterocycles. The first-order valence-electron chi connectivity index (χ1n) is 8.78. The van der Waals surface area contributed by atoms with Crippen LogP contribution >= 0.6 is 0 Å². The van der Waals surface area contributed by atoms with E-state index in [4.69, 9.17) is 4.74 Å². The average Bonchev–Trinajstić information content (AvgIpc) is 2.85. The molecule has 1 aliphatic heterocycles. The van der Waals surface area contributed by atoms with Gasteiger partial charge in [-0.15, -0.1) is 0 Å². The van der Waals surface area contributed by atoms with Gasteiger partial charge in [-0.25, -0.2) is 0 Å². The monoisotopic (exact) mass is 329 g/mol. The standard InChI is InChI=1S/C19H27N3O2/c1-3-21-10-7-17-6-5-16(13-18(17)21)14-20-8-4-9-22(12-11-20)19(23)15-24-2/h5-7,10,13H,3-4,8-9,11-12,14-15H2,1-2H3. The average molecular weight is 329 g/mol. The number of ether oxygens (including phenoxy) is 1. The Bertz CT molecular complexity index is 695. The van der Waals surface area contributed by atoms with Crippen molar-refractivity contribution in [3.8, 4) is 0 Å². The Hall–Kier alpha value is -1.85. The molecule has 1 aliphatic rings. The van der Waals surface area contributed by atoms with Crippen LogP contribution in [0.1, 0.15) is 18.9 Å². The van der Waals surface area contributed by atoms with Gasteiger partial charge in [-0.05, 0) is 36.4 Å².